The van der Waals surface area contributed by atoms with Gasteiger partial charge in [0, 0.05) is 6.54 Å². The Labute approximate surface area is 201 Å². The second kappa shape index (κ2) is 11.4. The summed E-state index contributed by atoms with van der Waals surface area (Å²) < 4.78 is 19.8. The van der Waals surface area contributed by atoms with Gasteiger partial charge in [0.05, 0.1) is 24.8 Å². The van der Waals surface area contributed by atoms with E-state index in [1.807, 2.05) is 54.6 Å². The van der Waals surface area contributed by atoms with Crippen LogP contribution in [0.25, 0.3) is 11.0 Å². The van der Waals surface area contributed by atoms with Gasteiger partial charge >= 0.3 is 0 Å². The number of aryl methyl sites for hydroxylation is 2. The van der Waals surface area contributed by atoms with Gasteiger partial charge in [-0.1, -0.05) is 43.3 Å². The van der Waals surface area contributed by atoms with Gasteiger partial charge in [0.2, 0.25) is 0 Å². The van der Waals surface area contributed by atoms with Gasteiger partial charge in [-0.2, -0.15) is 0 Å². The van der Waals surface area contributed by atoms with Crippen LogP contribution in [0.3, 0.4) is 0 Å². The van der Waals surface area contributed by atoms with Crippen molar-refractivity contribution in [3.8, 4) is 17.2 Å². The average molecular weight is 457 g/mol. The predicted octanol–water partition coefficient (Wildman–Crippen LogP) is 6.38. The number of hydrogen-bond acceptors (Lipinski definition) is 4. The first kappa shape index (κ1) is 23.4. The topological polar surface area (TPSA) is 45.5 Å². The summed E-state index contributed by atoms with van der Waals surface area (Å²) in [6.45, 7) is 7.72. The molecule has 1 aromatic heterocycles. The highest BCUT2D eigenvalue weighted by atomic mass is 16.5. The van der Waals surface area contributed by atoms with Crippen LogP contribution in [0.1, 0.15) is 30.3 Å². The zero-order chi connectivity index (χ0) is 23.8. The number of imidazole rings is 1. The van der Waals surface area contributed by atoms with Gasteiger partial charge in [0.1, 0.15) is 18.2 Å². The zero-order valence-corrected chi connectivity index (χ0v) is 20.0. The summed E-state index contributed by atoms with van der Waals surface area (Å²) in [5.74, 6) is 3.26. The van der Waals surface area contributed by atoms with Crippen LogP contribution in [-0.2, 0) is 26.0 Å². The van der Waals surface area contributed by atoms with Gasteiger partial charge < -0.3 is 18.8 Å². The summed E-state index contributed by atoms with van der Waals surface area (Å²) in [6, 6.07) is 22.5. The molecule has 0 atom stereocenters. The lowest BCUT2D eigenvalue weighted by atomic mass is 10.1. The van der Waals surface area contributed by atoms with Crippen LogP contribution < -0.4 is 14.2 Å². The Morgan fingerprint density at radius 3 is 2.50 bits per heavy atom. The maximum atomic E-state index is 6.06. The van der Waals surface area contributed by atoms with Crippen LogP contribution in [0.4, 0.5) is 0 Å². The molecule has 34 heavy (non-hydrogen) atoms. The van der Waals surface area contributed by atoms with E-state index in [2.05, 4.69) is 36.3 Å². The Kier molecular flexibility index (Phi) is 7.87. The summed E-state index contributed by atoms with van der Waals surface area (Å²) in [4.78, 5) is 4.82. The van der Waals surface area contributed by atoms with Crippen molar-refractivity contribution in [2.24, 2.45) is 0 Å². The summed E-state index contributed by atoms with van der Waals surface area (Å²) in [7, 11) is 1.67. The zero-order valence-electron chi connectivity index (χ0n) is 20.0. The molecule has 4 rings (SSSR count). The Hall–Kier alpha value is -3.73. The molecule has 0 N–H and O–H groups in total. The van der Waals surface area contributed by atoms with Gasteiger partial charge in [0.15, 0.2) is 11.5 Å². The van der Waals surface area contributed by atoms with Crippen molar-refractivity contribution in [1.82, 2.24) is 9.55 Å². The van der Waals surface area contributed by atoms with Crippen LogP contribution in [0.15, 0.2) is 79.4 Å². The fourth-order valence-corrected chi connectivity index (χ4v) is 3.98. The van der Waals surface area contributed by atoms with Gasteiger partial charge in [0.25, 0.3) is 0 Å². The van der Waals surface area contributed by atoms with Crippen molar-refractivity contribution in [2.45, 2.75) is 39.3 Å². The minimum absolute atomic E-state index is 0.416. The van der Waals surface area contributed by atoms with E-state index < -0.39 is 0 Å². The van der Waals surface area contributed by atoms with Gasteiger partial charge in [-0.25, -0.2) is 4.98 Å². The van der Waals surface area contributed by atoms with E-state index in [4.69, 9.17) is 19.2 Å². The van der Waals surface area contributed by atoms with E-state index in [0.29, 0.717) is 13.2 Å². The highest BCUT2D eigenvalue weighted by molar-refractivity contribution is 5.75. The Morgan fingerprint density at radius 1 is 0.941 bits per heavy atom. The molecule has 4 aromatic rings. The summed E-state index contributed by atoms with van der Waals surface area (Å²) in [6.07, 6.45) is 4.53. The molecule has 0 amide bonds. The third-order valence-electron chi connectivity index (χ3n) is 5.82. The molecular weight excluding hydrogens is 424 g/mol. The number of methoxy groups -OCH3 is 1. The number of para-hydroxylation sites is 2. The first-order chi connectivity index (χ1) is 16.7. The van der Waals surface area contributed by atoms with Gasteiger partial charge in [-0.3, -0.25) is 0 Å². The first-order valence-corrected chi connectivity index (χ1v) is 11.8. The monoisotopic (exact) mass is 456 g/mol. The molecule has 0 saturated heterocycles. The Morgan fingerprint density at radius 2 is 1.74 bits per heavy atom. The number of benzene rings is 3. The average Bonchev–Trinajstić information content (AvgIpc) is 3.23. The molecule has 0 aliphatic rings. The Balaban J connectivity index is 1.41. The normalized spacial score (nSPS) is 10.9. The third-order valence-corrected chi connectivity index (χ3v) is 5.82. The van der Waals surface area contributed by atoms with Gasteiger partial charge in [-0.15, -0.1) is 6.58 Å². The molecule has 0 spiro atoms. The molecule has 0 unspecified atom stereocenters. The molecule has 5 heteroatoms. The second-order valence-corrected chi connectivity index (χ2v) is 8.13. The molecule has 0 radical (unpaired) electrons. The smallest absolute Gasteiger partial charge is 0.161 e. The second-order valence-electron chi connectivity index (χ2n) is 8.13. The maximum absolute atomic E-state index is 6.06. The van der Waals surface area contributed by atoms with Crippen LogP contribution >= 0.6 is 0 Å². The summed E-state index contributed by atoms with van der Waals surface area (Å²) in [5.41, 5.74) is 4.53. The molecule has 0 aliphatic heterocycles. The van der Waals surface area contributed by atoms with E-state index in [9.17, 15) is 0 Å². The Bertz CT molecular complexity index is 1230. The van der Waals surface area contributed by atoms with Crippen molar-refractivity contribution in [3.05, 3.63) is 96.3 Å². The molecule has 0 saturated carbocycles. The minimum Gasteiger partial charge on any atom is -0.493 e. The lowest BCUT2D eigenvalue weighted by molar-refractivity contribution is 0.273. The number of aromatic nitrogens is 2. The number of rotatable bonds is 12. The fraction of sp³-hybridized carbons (Fsp3) is 0.276. The van der Waals surface area contributed by atoms with Crippen LogP contribution in [-0.4, -0.2) is 23.3 Å². The molecule has 0 fully saturated rings. The highest BCUT2D eigenvalue weighted by Gasteiger charge is 2.12. The number of hydrogen-bond donors (Lipinski definition) is 0. The van der Waals surface area contributed by atoms with E-state index >= 15 is 0 Å². The van der Waals surface area contributed by atoms with Crippen LogP contribution in [0.2, 0.25) is 0 Å². The molecule has 176 valence electrons. The summed E-state index contributed by atoms with van der Waals surface area (Å²) >= 11 is 0. The highest BCUT2D eigenvalue weighted by Crippen LogP contribution is 2.28. The van der Waals surface area contributed by atoms with E-state index in [0.717, 1.165) is 65.5 Å². The van der Waals surface area contributed by atoms with Crippen molar-refractivity contribution >= 4 is 11.0 Å². The van der Waals surface area contributed by atoms with Crippen LogP contribution in [0, 0.1) is 0 Å². The van der Waals surface area contributed by atoms with Crippen molar-refractivity contribution < 1.29 is 14.2 Å². The van der Waals surface area contributed by atoms with E-state index in [-0.39, 0.29) is 0 Å². The minimum atomic E-state index is 0.416. The first-order valence-electron chi connectivity index (χ1n) is 11.8. The number of nitrogens with zero attached hydrogens (tertiary/aromatic N) is 2. The maximum Gasteiger partial charge on any atom is 0.161 e. The number of ether oxygens (including phenoxy) is 3. The molecule has 1 heterocycles. The van der Waals surface area contributed by atoms with Crippen molar-refractivity contribution in [2.75, 3.05) is 13.7 Å². The predicted molar refractivity (Wildman–Crippen MR) is 137 cm³/mol. The van der Waals surface area contributed by atoms with Crippen molar-refractivity contribution in [1.29, 1.82) is 0 Å². The molecule has 0 aliphatic carbocycles. The lowest BCUT2D eigenvalue weighted by Crippen LogP contribution is -2.10. The fourth-order valence-electron chi connectivity index (χ4n) is 3.98. The molecule has 3 aromatic carbocycles. The number of allylic oxidation sites excluding steroid dienone is 1. The quantitative estimate of drug-likeness (QED) is 0.183. The van der Waals surface area contributed by atoms with E-state index in [1.165, 1.54) is 5.56 Å². The summed E-state index contributed by atoms with van der Waals surface area (Å²) in [5, 5.41) is 0. The lowest BCUT2D eigenvalue weighted by Gasteiger charge is -2.13. The largest absolute Gasteiger partial charge is 0.493 e. The van der Waals surface area contributed by atoms with E-state index in [1.54, 1.807) is 7.11 Å². The molecule has 5 nitrogen and oxygen atoms in total. The standard InChI is InChI=1S/C29H32N2O3/c1-4-9-23-14-17-27(28(20-23)32-3)33-19-8-18-31-26-11-7-6-10-25(26)30-29(31)21-34-24-15-12-22(5-2)13-16-24/h4,6-7,10-17,20H,1,5,8-9,18-19,21H2,2-3H3. The van der Waals surface area contributed by atoms with Crippen LogP contribution in [0.5, 0.6) is 17.2 Å². The van der Waals surface area contributed by atoms with Gasteiger partial charge in [-0.05, 0) is 66.8 Å². The third kappa shape index (κ3) is 5.60. The number of fused-ring (bicyclic) bond motifs is 1. The SMILES string of the molecule is C=CCc1ccc(OCCCn2c(COc3ccc(CC)cc3)nc3ccccc32)c(OC)c1. The molecule has 0 bridgehead atoms. The van der Waals surface area contributed by atoms with Crippen molar-refractivity contribution in [3.63, 3.8) is 0 Å². The molecular formula is C29H32N2O3.